The molecule has 0 fully saturated rings. The predicted molar refractivity (Wildman–Crippen MR) is 42.5 cm³/mol. The van der Waals surface area contributed by atoms with Gasteiger partial charge >= 0.3 is 6.18 Å². The molecule has 0 saturated heterocycles. The van der Waals surface area contributed by atoms with Gasteiger partial charge in [0, 0.05) is 0 Å². The van der Waals surface area contributed by atoms with Gasteiger partial charge in [-0.05, 0) is 6.92 Å². The molecule has 0 saturated carbocycles. The van der Waals surface area contributed by atoms with Crippen LogP contribution in [0.25, 0.3) is 0 Å². The number of carbonyl (C=O) groups is 1. The van der Waals surface area contributed by atoms with Crippen LogP contribution in [-0.2, 0) is 4.79 Å². The van der Waals surface area contributed by atoms with Gasteiger partial charge in [-0.3, -0.25) is 4.79 Å². The van der Waals surface area contributed by atoms with Gasteiger partial charge in [-0.1, -0.05) is 22.6 Å². The minimum atomic E-state index is -4.32. The number of halogens is 4. The van der Waals surface area contributed by atoms with Crippen LogP contribution in [-0.4, -0.2) is 22.6 Å². The minimum absolute atomic E-state index is 0.435. The number of amides is 1. The zero-order chi connectivity index (χ0) is 9.07. The lowest BCUT2D eigenvalue weighted by molar-refractivity contribution is -0.137. The fourth-order valence-electron chi connectivity index (χ4n) is 0.328. The summed E-state index contributed by atoms with van der Waals surface area (Å²) in [4.78, 5) is 10.6. The molecule has 2 nitrogen and oxygen atoms in total. The van der Waals surface area contributed by atoms with Gasteiger partial charge in [-0.25, -0.2) is 0 Å². The quantitative estimate of drug-likeness (QED) is 0.603. The third-order valence-corrected chi connectivity index (χ3v) is 1.39. The first kappa shape index (κ1) is 11.0. The molecule has 0 heterocycles. The van der Waals surface area contributed by atoms with Crippen LogP contribution in [0.4, 0.5) is 13.2 Å². The summed E-state index contributed by atoms with van der Waals surface area (Å²) in [5.74, 6) is -0.595. The monoisotopic (exact) mass is 281 g/mol. The number of nitrogens with one attached hydrogen (secondary N) is 1. The van der Waals surface area contributed by atoms with Crippen molar-refractivity contribution in [3.05, 3.63) is 0 Å². The van der Waals surface area contributed by atoms with Gasteiger partial charge in [-0.15, -0.1) is 0 Å². The number of rotatable bonds is 2. The second-order valence-electron chi connectivity index (χ2n) is 1.95. The van der Waals surface area contributed by atoms with E-state index in [4.69, 9.17) is 0 Å². The SMILES string of the molecule is C[C@H](I)C(=O)NCC(F)(F)F. The van der Waals surface area contributed by atoms with Crippen LogP contribution in [0.15, 0.2) is 0 Å². The Bertz CT molecular complexity index is 145. The maximum Gasteiger partial charge on any atom is 0.405 e. The lowest BCUT2D eigenvalue weighted by Gasteiger charge is -2.08. The van der Waals surface area contributed by atoms with E-state index in [0.717, 1.165) is 0 Å². The molecule has 0 radical (unpaired) electrons. The second-order valence-corrected chi connectivity index (χ2v) is 3.82. The summed E-state index contributed by atoms with van der Waals surface area (Å²) in [7, 11) is 0. The van der Waals surface area contributed by atoms with Crippen LogP contribution in [0, 0.1) is 0 Å². The van der Waals surface area contributed by atoms with E-state index in [1.807, 2.05) is 0 Å². The van der Waals surface area contributed by atoms with Crippen molar-refractivity contribution in [2.45, 2.75) is 17.0 Å². The fourth-order valence-corrected chi connectivity index (χ4v) is 0.548. The summed E-state index contributed by atoms with van der Waals surface area (Å²) in [6.07, 6.45) is -4.32. The van der Waals surface area contributed by atoms with Crippen LogP contribution in [0.1, 0.15) is 6.92 Å². The maximum atomic E-state index is 11.5. The van der Waals surface area contributed by atoms with Crippen molar-refractivity contribution < 1.29 is 18.0 Å². The van der Waals surface area contributed by atoms with E-state index in [1.54, 1.807) is 27.9 Å². The molecule has 0 unspecified atom stereocenters. The van der Waals surface area contributed by atoms with Crippen LogP contribution in [0.3, 0.4) is 0 Å². The summed E-state index contributed by atoms with van der Waals surface area (Å²) < 4.78 is 34.0. The average molecular weight is 281 g/mol. The third-order valence-electron chi connectivity index (χ3n) is 0.824. The third kappa shape index (κ3) is 6.39. The highest BCUT2D eigenvalue weighted by Crippen LogP contribution is 2.12. The minimum Gasteiger partial charge on any atom is -0.346 e. The molecule has 0 aromatic heterocycles. The summed E-state index contributed by atoms with van der Waals surface area (Å²) in [6, 6.07) is 0. The molecular weight excluding hydrogens is 274 g/mol. The molecule has 66 valence electrons. The zero-order valence-electron chi connectivity index (χ0n) is 5.70. The van der Waals surface area contributed by atoms with Gasteiger partial charge in [0.1, 0.15) is 6.54 Å². The average Bonchev–Trinajstić information content (AvgIpc) is 1.80. The van der Waals surface area contributed by atoms with Crippen molar-refractivity contribution >= 4 is 28.5 Å². The van der Waals surface area contributed by atoms with Crippen molar-refractivity contribution in [3.8, 4) is 0 Å². The Morgan fingerprint density at radius 1 is 1.64 bits per heavy atom. The van der Waals surface area contributed by atoms with Crippen LogP contribution >= 0.6 is 22.6 Å². The lowest BCUT2D eigenvalue weighted by atomic mass is 10.4. The van der Waals surface area contributed by atoms with Gasteiger partial charge in [0.05, 0.1) is 3.92 Å². The van der Waals surface area contributed by atoms with E-state index in [9.17, 15) is 18.0 Å². The van der Waals surface area contributed by atoms with E-state index >= 15 is 0 Å². The van der Waals surface area contributed by atoms with E-state index in [2.05, 4.69) is 0 Å². The molecule has 0 rings (SSSR count). The number of alkyl halides is 4. The summed E-state index contributed by atoms with van der Waals surface area (Å²) in [5.41, 5.74) is 0. The van der Waals surface area contributed by atoms with Crippen molar-refractivity contribution in [1.29, 1.82) is 0 Å². The fraction of sp³-hybridized carbons (Fsp3) is 0.800. The zero-order valence-corrected chi connectivity index (χ0v) is 7.86. The summed E-state index contributed by atoms with van der Waals surface area (Å²) >= 11 is 1.74. The molecular formula is C5H7F3INO. The van der Waals surface area contributed by atoms with E-state index < -0.39 is 22.6 Å². The van der Waals surface area contributed by atoms with Crippen molar-refractivity contribution in [1.82, 2.24) is 5.32 Å². The van der Waals surface area contributed by atoms with Gasteiger partial charge in [0.2, 0.25) is 5.91 Å². The smallest absolute Gasteiger partial charge is 0.346 e. The molecule has 1 amide bonds. The Labute approximate surface area is 75.7 Å². The molecule has 0 aromatic carbocycles. The largest absolute Gasteiger partial charge is 0.405 e. The van der Waals surface area contributed by atoms with Crippen molar-refractivity contribution in [3.63, 3.8) is 0 Å². The van der Waals surface area contributed by atoms with Gasteiger partial charge in [-0.2, -0.15) is 13.2 Å². The predicted octanol–water partition coefficient (Wildman–Crippen LogP) is 1.49. The molecule has 0 aliphatic heterocycles. The standard InChI is InChI=1S/C5H7F3INO/c1-3(9)4(11)10-2-5(6,7)8/h3H,2H2,1H3,(H,10,11)/t3-/m0/s1. The normalized spacial score (nSPS) is 14.3. The Kier molecular flexibility index (Phi) is 4.12. The Morgan fingerprint density at radius 3 is 2.36 bits per heavy atom. The molecule has 0 spiro atoms. The first-order valence-corrected chi connectivity index (χ1v) is 4.06. The van der Waals surface area contributed by atoms with Gasteiger partial charge in [0.25, 0.3) is 0 Å². The van der Waals surface area contributed by atoms with Crippen LogP contribution in [0.2, 0.25) is 0 Å². The molecule has 0 aliphatic rings. The lowest BCUT2D eigenvalue weighted by Crippen LogP contribution is -2.37. The highest BCUT2D eigenvalue weighted by atomic mass is 127. The molecule has 6 heteroatoms. The molecule has 0 bridgehead atoms. The van der Waals surface area contributed by atoms with Gasteiger partial charge < -0.3 is 5.32 Å². The van der Waals surface area contributed by atoms with Crippen LogP contribution < -0.4 is 5.32 Å². The number of hydrogen-bond donors (Lipinski definition) is 1. The van der Waals surface area contributed by atoms with E-state index in [1.165, 1.54) is 6.92 Å². The van der Waals surface area contributed by atoms with E-state index in [-0.39, 0.29) is 0 Å². The molecule has 1 atom stereocenters. The summed E-state index contributed by atoms with van der Waals surface area (Å²) in [6.45, 7) is 0.269. The highest BCUT2D eigenvalue weighted by Gasteiger charge is 2.28. The van der Waals surface area contributed by atoms with E-state index in [0.29, 0.717) is 0 Å². The highest BCUT2D eigenvalue weighted by molar-refractivity contribution is 14.1. The topological polar surface area (TPSA) is 29.1 Å². The van der Waals surface area contributed by atoms with Crippen molar-refractivity contribution in [2.24, 2.45) is 0 Å². The Morgan fingerprint density at radius 2 is 2.09 bits per heavy atom. The number of carbonyl (C=O) groups excluding carboxylic acids is 1. The Balaban J connectivity index is 3.64. The van der Waals surface area contributed by atoms with Crippen LogP contribution in [0.5, 0.6) is 0 Å². The molecule has 0 aromatic rings. The van der Waals surface area contributed by atoms with Gasteiger partial charge in [0.15, 0.2) is 0 Å². The Hall–Kier alpha value is -0.0100. The second kappa shape index (κ2) is 4.13. The first-order valence-electron chi connectivity index (χ1n) is 2.81. The van der Waals surface area contributed by atoms with Crippen molar-refractivity contribution in [2.75, 3.05) is 6.54 Å². The first-order chi connectivity index (χ1) is 4.83. The number of hydrogen-bond acceptors (Lipinski definition) is 1. The summed E-state index contributed by atoms with van der Waals surface area (Å²) in [5, 5.41) is 1.75. The molecule has 11 heavy (non-hydrogen) atoms. The maximum absolute atomic E-state index is 11.5. The molecule has 0 aliphatic carbocycles. The molecule has 1 N–H and O–H groups in total.